The summed E-state index contributed by atoms with van der Waals surface area (Å²) in [6.07, 6.45) is 0. The number of nitro benzene ring substituents is 1. The Kier molecular flexibility index (Phi) is 3.37. The number of carbonyl (C=O) groups is 1. The van der Waals surface area contributed by atoms with Crippen LogP contribution in [0.2, 0.25) is 0 Å². The number of ether oxygens (including phenoxy) is 1. The number of nitro groups is 1. The van der Waals surface area contributed by atoms with Gasteiger partial charge in [0.25, 0.3) is 11.6 Å². The molecule has 2 rings (SSSR count). The molecule has 1 aromatic carbocycles. The molecular formula is C10H9N5O4. The molecule has 0 atom stereocenters. The molecule has 0 spiro atoms. The first-order chi connectivity index (χ1) is 9.10. The molecule has 0 radical (unpaired) electrons. The third-order valence-corrected chi connectivity index (χ3v) is 2.22. The van der Waals surface area contributed by atoms with E-state index in [0.717, 1.165) is 0 Å². The second-order valence-electron chi connectivity index (χ2n) is 3.43. The number of nitrogens with one attached hydrogen (secondary N) is 2. The summed E-state index contributed by atoms with van der Waals surface area (Å²) in [6, 6.07) is 5.28. The number of methoxy groups -OCH3 is 1. The number of rotatable bonds is 4. The second-order valence-corrected chi connectivity index (χ2v) is 3.43. The van der Waals surface area contributed by atoms with Crippen molar-refractivity contribution in [2.24, 2.45) is 0 Å². The summed E-state index contributed by atoms with van der Waals surface area (Å²) < 4.78 is 4.74. The molecule has 0 aliphatic carbocycles. The van der Waals surface area contributed by atoms with Gasteiger partial charge in [-0.1, -0.05) is 0 Å². The van der Waals surface area contributed by atoms with E-state index < -0.39 is 10.8 Å². The smallest absolute Gasteiger partial charge is 0.336 e. The Labute approximate surface area is 106 Å². The van der Waals surface area contributed by atoms with Crippen molar-refractivity contribution in [3.8, 4) is 6.01 Å². The molecule has 2 aromatic rings. The summed E-state index contributed by atoms with van der Waals surface area (Å²) in [7, 11) is 1.39. The highest BCUT2D eigenvalue weighted by molar-refractivity contribution is 6.03. The number of aromatic nitrogens is 3. The lowest BCUT2D eigenvalue weighted by molar-refractivity contribution is -0.384. The molecule has 1 aromatic heterocycles. The van der Waals surface area contributed by atoms with E-state index in [1.54, 1.807) is 0 Å². The molecule has 2 N–H and O–H groups in total. The average molecular weight is 263 g/mol. The Hall–Kier alpha value is -2.97. The second kappa shape index (κ2) is 5.12. The monoisotopic (exact) mass is 263 g/mol. The molecule has 0 aliphatic rings. The molecule has 0 saturated carbocycles. The fourth-order valence-corrected chi connectivity index (χ4v) is 1.31. The maximum atomic E-state index is 11.8. The summed E-state index contributed by atoms with van der Waals surface area (Å²) in [5.74, 6) is -0.339. The van der Waals surface area contributed by atoms with Crippen molar-refractivity contribution >= 4 is 17.5 Å². The Balaban J connectivity index is 2.09. The van der Waals surface area contributed by atoms with Gasteiger partial charge in [-0.25, -0.2) is 5.10 Å². The zero-order chi connectivity index (χ0) is 13.8. The summed E-state index contributed by atoms with van der Waals surface area (Å²) in [6.45, 7) is 0. The summed E-state index contributed by atoms with van der Waals surface area (Å²) in [4.78, 5) is 25.5. The number of hydrogen-bond acceptors (Lipinski definition) is 6. The van der Waals surface area contributed by atoms with Crippen molar-refractivity contribution in [3.05, 3.63) is 39.9 Å². The van der Waals surface area contributed by atoms with Crippen LogP contribution >= 0.6 is 0 Å². The lowest BCUT2D eigenvalue weighted by Crippen LogP contribution is -2.12. The number of anilines is 1. The van der Waals surface area contributed by atoms with Gasteiger partial charge in [0.05, 0.1) is 12.0 Å². The van der Waals surface area contributed by atoms with Gasteiger partial charge in [-0.2, -0.15) is 4.98 Å². The molecule has 0 unspecified atom stereocenters. The Bertz CT molecular complexity index is 607. The highest BCUT2D eigenvalue weighted by Crippen LogP contribution is 2.13. The number of H-pyrrole nitrogens is 1. The predicted octanol–water partition coefficient (Wildman–Crippen LogP) is 0.974. The Morgan fingerprint density at radius 3 is 2.63 bits per heavy atom. The van der Waals surface area contributed by atoms with E-state index in [4.69, 9.17) is 4.74 Å². The molecule has 19 heavy (non-hydrogen) atoms. The van der Waals surface area contributed by atoms with Gasteiger partial charge in [-0.05, 0) is 12.1 Å². The molecule has 0 saturated heterocycles. The Morgan fingerprint density at radius 1 is 1.42 bits per heavy atom. The zero-order valence-electron chi connectivity index (χ0n) is 9.78. The third kappa shape index (κ3) is 2.83. The van der Waals surface area contributed by atoms with Crippen LogP contribution in [-0.4, -0.2) is 33.1 Å². The first-order valence-corrected chi connectivity index (χ1v) is 5.12. The lowest BCUT2D eigenvalue weighted by atomic mass is 10.2. The largest absolute Gasteiger partial charge is 0.466 e. The topological polar surface area (TPSA) is 123 Å². The van der Waals surface area contributed by atoms with Gasteiger partial charge >= 0.3 is 6.01 Å². The number of aromatic amines is 1. The summed E-state index contributed by atoms with van der Waals surface area (Å²) in [5, 5.41) is 19.0. The van der Waals surface area contributed by atoms with E-state index in [9.17, 15) is 14.9 Å². The highest BCUT2D eigenvalue weighted by Gasteiger charge is 2.11. The molecule has 0 fully saturated rings. The standard InChI is InChI=1S/C10H9N5O4/c1-19-10-12-9(13-14-10)11-8(16)6-2-4-7(5-3-6)15(17)18/h2-5H,1H3,(H2,11,12,13,14,16). The van der Waals surface area contributed by atoms with Crippen molar-refractivity contribution in [3.63, 3.8) is 0 Å². The predicted molar refractivity (Wildman–Crippen MR) is 64.0 cm³/mol. The van der Waals surface area contributed by atoms with Gasteiger partial charge in [0.1, 0.15) is 0 Å². The van der Waals surface area contributed by atoms with E-state index >= 15 is 0 Å². The normalized spacial score (nSPS) is 9.95. The third-order valence-electron chi connectivity index (χ3n) is 2.22. The highest BCUT2D eigenvalue weighted by atomic mass is 16.6. The summed E-state index contributed by atoms with van der Waals surface area (Å²) in [5.41, 5.74) is 0.179. The van der Waals surface area contributed by atoms with Crippen molar-refractivity contribution in [1.29, 1.82) is 0 Å². The van der Waals surface area contributed by atoms with Crippen molar-refractivity contribution < 1.29 is 14.5 Å². The molecule has 0 bridgehead atoms. The molecule has 0 aliphatic heterocycles. The first kappa shape index (κ1) is 12.5. The van der Waals surface area contributed by atoms with Crippen molar-refractivity contribution in [2.75, 3.05) is 12.4 Å². The molecule has 98 valence electrons. The van der Waals surface area contributed by atoms with E-state index in [1.165, 1.54) is 31.4 Å². The molecule has 9 heteroatoms. The maximum Gasteiger partial charge on any atom is 0.336 e. The number of amides is 1. The number of carbonyl (C=O) groups excluding carboxylic acids is 1. The minimum absolute atomic E-state index is 0.0853. The minimum Gasteiger partial charge on any atom is -0.466 e. The number of non-ortho nitro benzene ring substituents is 1. The van der Waals surface area contributed by atoms with Gasteiger partial charge in [-0.3, -0.25) is 20.2 Å². The van der Waals surface area contributed by atoms with Gasteiger partial charge in [0.15, 0.2) is 0 Å². The number of hydrogen-bond donors (Lipinski definition) is 2. The van der Waals surface area contributed by atoms with Crippen LogP contribution in [0.3, 0.4) is 0 Å². The average Bonchev–Trinajstić information content (AvgIpc) is 2.86. The van der Waals surface area contributed by atoms with E-state index in [0.29, 0.717) is 0 Å². The van der Waals surface area contributed by atoms with E-state index in [2.05, 4.69) is 20.5 Å². The van der Waals surface area contributed by atoms with Crippen LogP contribution in [-0.2, 0) is 0 Å². The zero-order valence-corrected chi connectivity index (χ0v) is 9.78. The van der Waals surface area contributed by atoms with Gasteiger partial charge in [-0.15, -0.1) is 5.10 Å². The van der Waals surface area contributed by atoms with E-state index in [1.807, 2.05) is 0 Å². The SMILES string of the molecule is COc1n[nH]c(NC(=O)c2ccc([N+](=O)[O-])cc2)n1. The van der Waals surface area contributed by atoms with Crippen LogP contribution in [0.4, 0.5) is 11.6 Å². The van der Waals surface area contributed by atoms with Crippen LogP contribution in [0.1, 0.15) is 10.4 Å². The van der Waals surface area contributed by atoms with E-state index in [-0.39, 0.29) is 23.2 Å². The van der Waals surface area contributed by atoms with Crippen LogP contribution in [0.25, 0.3) is 0 Å². The first-order valence-electron chi connectivity index (χ1n) is 5.12. The van der Waals surface area contributed by atoms with Crippen molar-refractivity contribution in [1.82, 2.24) is 15.2 Å². The fourth-order valence-electron chi connectivity index (χ4n) is 1.31. The van der Waals surface area contributed by atoms with Crippen LogP contribution in [0.5, 0.6) is 6.01 Å². The molecule has 1 heterocycles. The van der Waals surface area contributed by atoms with Gasteiger partial charge < -0.3 is 4.74 Å². The molecule has 9 nitrogen and oxygen atoms in total. The van der Waals surface area contributed by atoms with Crippen molar-refractivity contribution in [2.45, 2.75) is 0 Å². The number of benzene rings is 1. The molecule has 1 amide bonds. The number of nitrogens with zero attached hydrogens (tertiary/aromatic N) is 3. The van der Waals surface area contributed by atoms with Gasteiger partial charge in [0.2, 0.25) is 5.95 Å². The molecular weight excluding hydrogens is 254 g/mol. The maximum absolute atomic E-state index is 11.8. The fraction of sp³-hybridized carbons (Fsp3) is 0.100. The van der Waals surface area contributed by atoms with Gasteiger partial charge in [0, 0.05) is 17.7 Å². The lowest BCUT2D eigenvalue weighted by Gasteiger charge is -2.00. The van der Waals surface area contributed by atoms with Crippen LogP contribution < -0.4 is 10.1 Å². The van der Waals surface area contributed by atoms with Crippen LogP contribution in [0.15, 0.2) is 24.3 Å². The quantitative estimate of drug-likeness (QED) is 0.625. The Morgan fingerprint density at radius 2 is 2.11 bits per heavy atom. The van der Waals surface area contributed by atoms with Crippen LogP contribution in [0, 0.1) is 10.1 Å². The summed E-state index contributed by atoms with van der Waals surface area (Å²) >= 11 is 0. The minimum atomic E-state index is -0.539.